The minimum absolute atomic E-state index is 0.355. The Morgan fingerprint density at radius 2 is 2.12 bits per heavy atom. The Kier molecular flexibility index (Phi) is 3.29. The molecule has 5 heteroatoms. The molecule has 1 aliphatic heterocycles. The van der Waals surface area contributed by atoms with Crippen molar-refractivity contribution in [3.8, 4) is 0 Å². The zero-order valence-electron chi connectivity index (χ0n) is 8.77. The van der Waals surface area contributed by atoms with Gasteiger partial charge in [-0.1, -0.05) is 11.6 Å². The van der Waals surface area contributed by atoms with Crippen LogP contribution in [0.25, 0.3) is 0 Å². The monoisotopic (exact) mass is 240 g/mol. The molecule has 0 atom stereocenters. The third-order valence-electron chi connectivity index (χ3n) is 2.93. The van der Waals surface area contributed by atoms with Gasteiger partial charge in [-0.2, -0.15) is 0 Å². The Morgan fingerprint density at radius 1 is 1.44 bits per heavy atom. The van der Waals surface area contributed by atoms with Crippen molar-refractivity contribution in [2.45, 2.75) is 18.8 Å². The molecule has 1 N–H and O–H groups in total. The average molecular weight is 241 g/mol. The van der Waals surface area contributed by atoms with Crippen molar-refractivity contribution in [2.75, 3.05) is 13.1 Å². The number of piperidine rings is 1. The van der Waals surface area contributed by atoms with Crippen LogP contribution in [-0.4, -0.2) is 34.2 Å². The summed E-state index contributed by atoms with van der Waals surface area (Å²) in [6.45, 7) is 1.18. The molecule has 0 aliphatic carbocycles. The van der Waals surface area contributed by atoms with Crippen molar-refractivity contribution in [2.24, 2.45) is 0 Å². The number of halogens is 1. The van der Waals surface area contributed by atoms with E-state index in [1.54, 1.807) is 6.20 Å². The summed E-state index contributed by atoms with van der Waals surface area (Å²) in [7, 11) is 0. The van der Waals surface area contributed by atoms with Crippen molar-refractivity contribution in [1.29, 1.82) is 0 Å². The topological polar surface area (TPSA) is 53.4 Å². The Labute approximate surface area is 98.9 Å². The van der Waals surface area contributed by atoms with Crippen LogP contribution in [0.5, 0.6) is 0 Å². The lowest BCUT2D eigenvalue weighted by Gasteiger charge is -2.29. The molecule has 86 valence electrons. The van der Waals surface area contributed by atoms with Gasteiger partial charge in [-0.05, 0) is 25.0 Å². The largest absolute Gasteiger partial charge is 0.465 e. The summed E-state index contributed by atoms with van der Waals surface area (Å²) in [6, 6.07) is 3.75. The molecule has 16 heavy (non-hydrogen) atoms. The molecule has 2 heterocycles. The summed E-state index contributed by atoms with van der Waals surface area (Å²) >= 11 is 5.77. The summed E-state index contributed by atoms with van der Waals surface area (Å²) in [5.74, 6) is 0.355. The Morgan fingerprint density at radius 3 is 2.62 bits per heavy atom. The van der Waals surface area contributed by atoms with Gasteiger partial charge in [0.2, 0.25) is 0 Å². The van der Waals surface area contributed by atoms with Crippen LogP contribution in [0.15, 0.2) is 18.3 Å². The number of amides is 1. The third kappa shape index (κ3) is 2.44. The smallest absolute Gasteiger partial charge is 0.407 e. The predicted octanol–water partition coefficient (Wildman–Crippen LogP) is 2.59. The zero-order chi connectivity index (χ0) is 11.5. The standard InChI is InChI=1S/C11H13ClN2O2/c12-9-1-2-10(13-7-9)8-3-5-14(6-4-8)11(15)16/h1-2,7-8H,3-6H2,(H,15,16). The number of rotatable bonds is 1. The fraction of sp³-hybridized carbons (Fsp3) is 0.455. The van der Waals surface area contributed by atoms with Gasteiger partial charge in [-0.25, -0.2) is 4.79 Å². The Bertz CT molecular complexity index is 372. The number of nitrogens with zero attached hydrogens (tertiary/aromatic N) is 2. The van der Waals surface area contributed by atoms with Gasteiger partial charge >= 0.3 is 6.09 Å². The molecule has 1 aliphatic rings. The quantitative estimate of drug-likeness (QED) is 0.821. The van der Waals surface area contributed by atoms with E-state index in [0.717, 1.165) is 18.5 Å². The van der Waals surface area contributed by atoms with Crippen LogP contribution >= 0.6 is 11.6 Å². The normalized spacial score (nSPS) is 17.4. The molecule has 0 aromatic carbocycles. The van der Waals surface area contributed by atoms with Gasteiger partial charge in [0, 0.05) is 30.9 Å². The van der Waals surface area contributed by atoms with Crippen molar-refractivity contribution in [1.82, 2.24) is 9.88 Å². The second kappa shape index (κ2) is 4.70. The van der Waals surface area contributed by atoms with Crippen molar-refractivity contribution < 1.29 is 9.90 Å². The van der Waals surface area contributed by atoms with Crippen molar-refractivity contribution in [3.05, 3.63) is 29.0 Å². The molecule has 1 amide bonds. The Balaban J connectivity index is 1.99. The number of hydrogen-bond acceptors (Lipinski definition) is 2. The summed E-state index contributed by atoms with van der Waals surface area (Å²) in [6.07, 6.45) is 2.48. The molecule has 1 saturated heterocycles. The predicted molar refractivity (Wildman–Crippen MR) is 60.8 cm³/mol. The van der Waals surface area contributed by atoms with E-state index in [9.17, 15) is 4.79 Å². The average Bonchev–Trinajstić information content (AvgIpc) is 2.30. The highest BCUT2D eigenvalue weighted by Crippen LogP contribution is 2.26. The van der Waals surface area contributed by atoms with Gasteiger partial charge < -0.3 is 10.0 Å². The van der Waals surface area contributed by atoms with Gasteiger partial charge in [-0.3, -0.25) is 4.98 Å². The summed E-state index contributed by atoms with van der Waals surface area (Å²) in [5.41, 5.74) is 1.01. The minimum Gasteiger partial charge on any atom is -0.465 e. The first-order valence-corrected chi connectivity index (χ1v) is 5.64. The molecule has 0 spiro atoms. The number of carboxylic acid groups (broad SMARTS) is 1. The first-order valence-electron chi connectivity index (χ1n) is 5.26. The van der Waals surface area contributed by atoms with E-state index >= 15 is 0 Å². The highest BCUT2D eigenvalue weighted by molar-refractivity contribution is 6.30. The van der Waals surface area contributed by atoms with E-state index in [1.165, 1.54) is 4.90 Å². The highest BCUT2D eigenvalue weighted by Gasteiger charge is 2.23. The maximum atomic E-state index is 10.7. The fourth-order valence-electron chi connectivity index (χ4n) is 2.00. The maximum Gasteiger partial charge on any atom is 0.407 e. The summed E-state index contributed by atoms with van der Waals surface area (Å²) in [4.78, 5) is 16.5. The number of aromatic nitrogens is 1. The molecule has 0 bridgehead atoms. The molecular formula is C11H13ClN2O2. The fourth-order valence-corrected chi connectivity index (χ4v) is 2.11. The molecule has 1 aromatic heterocycles. The Hall–Kier alpha value is -1.29. The third-order valence-corrected chi connectivity index (χ3v) is 3.16. The van der Waals surface area contributed by atoms with Crippen LogP contribution in [0, 0.1) is 0 Å². The van der Waals surface area contributed by atoms with Gasteiger partial charge in [0.25, 0.3) is 0 Å². The second-order valence-corrected chi connectivity index (χ2v) is 4.38. The molecule has 2 rings (SSSR count). The first-order chi connectivity index (χ1) is 7.66. The number of likely N-dealkylation sites (tertiary alicyclic amines) is 1. The van der Waals surface area contributed by atoms with E-state index in [1.807, 2.05) is 12.1 Å². The number of hydrogen-bond donors (Lipinski definition) is 1. The molecule has 0 saturated carbocycles. The number of carbonyl (C=O) groups is 1. The van der Waals surface area contributed by atoms with E-state index < -0.39 is 6.09 Å². The van der Waals surface area contributed by atoms with Gasteiger partial charge in [0.1, 0.15) is 0 Å². The highest BCUT2D eigenvalue weighted by atomic mass is 35.5. The number of pyridine rings is 1. The molecule has 0 radical (unpaired) electrons. The van der Waals surface area contributed by atoms with E-state index in [-0.39, 0.29) is 0 Å². The molecular weight excluding hydrogens is 228 g/mol. The lowest BCUT2D eigenvalue weighted by atomic mass is 9.93. The molecule has 1 aromatic rings. The lowest BCUT2D eigenvalue weighted by molar-refractivity contribution is 0.131. The maximum absolute atomic E-state index is 10.7. The van der Waals surface area contributed by atoms with Gasteiger partial charge in [-0.15, -0.1) is 0 Å². The van der Waals surface area contributed by atoms with Crippen LogP contribution in [0.1, 0.15) is 24.5 Å². The minimum atomic E-state index is -0.831. The van der Waals surface area contributed by atoms with Crippen LogP contribution in [0.4, 0.5) is 4.79 Å². The van der Waals surface area contributed by atoms with Crippen LogP contribution in [-0.2, 0) is 0 Å². The van der Waals surface area contributed by atoms with Crippen molar-refractivity contribution >= 4 is 17.7 Å². The zero-order valence-corrected chi connectivity index (χ0v) is 9.52. The lowest BCUT2D eigenvalue weighted by Crippen LogP contribution is -2.36. The van der Waals surface area contributed by atoms with Gasteiger partial charge in [0.05, 0.1) is 5.02 Å². The summed E-state index contributed by atoms with van der Waals surface area (Å²) < 4.78 is 0. The van der Waals surface area contributed by atoms with Crippen LogP contribution in [0.3, 0.4) is 0 Å². The SMILES string of the molecule is O=C(O)N1CCC(c2ccc(Cl)cn2)CC1. The molecule has 0 unspecified atom stereocenters. The molecule has 4 nitrogen and oxygen atoms in total. The van der Waals surface area contributed by atoms with E-state index in [4.69, 9.17) is 16.7 Å². The van der Waals surface area contributed by atoms with Crippen molar-refractivity contribution in [3.63, 3.8) is 0 Å². The van der Waals surface area contributed by atoms with Gasteiger partial charge in [0.15, 0.2) is 0 Å². The molecule has 1 fully saturated rings. The van der Waals surface area contributed by atoms with Crippen LogP contribution < -0.4 is 0 Å². The van der Waals surface area contributed by atoms with E-state index in [2.05, 4.69) is 4.98 Å². The summed E-state index contributed by atoms with van der Waals surface area (Å²) in [5, 5.41) is 9.46. The van der Waals surface area contributed by atoms with E-state index in [0.29, 0.717) is 24.0 Å². The second-order valence-electron chi connectivity index (χ2n) is 3.95. The first kappa shape index (κ1) is 11.2. The van der Waals surface area contributed by atoms with Crippen LogP contribution in [0.2, 0.25) is 5.02 Å².